The van der Waals surface area contributed by atoms with Crippen LogP contribution in [0, 0.1) is 5.82 Å². The molecule has 0 atom stereocenters. The first kappa shape index (κ1) is 21.9. The molecule has 1 amide bonds. The van der Waals surface area contributed by atoms with E-state index in [-0.39, 0.29) is 23.8 Å². The Morgan fingerprint density at radius 2 is 1.76 bits per heavy atom. The molecule has 2 aromatic heterocycles. The minimum Gasteiger partial charge on any atom is -0.350 e. The molecule has 0 aliphatic rings. The van der Waals surface area contributed by atoms with Crippen LogP contribution < -0.4 is 10.9 Å². The van der Waals surface area contributed by atoms with Gasteiger partial charge in [-0.3, -0.25) is 9.59 Å². The Bertz CT molecular complexity index is 1570. The maximum atomic E-state index is 13.4. The molecule has 5 rings (SSSR count). The highest BCUT2D eigenvalue weighted by Crippen LogP contribution is 2.27. The van der Waals surface area contributed by atoms with E-state index in [0.717, 1.165) is 26.7 Å². The van der Waals surface area contributed by atoms with Crippen molar-refractivity contribution >= 4 is 39.3 Å². The lowest BCUT2D eigenvalue weighted by atomic mass is 10.2. The predicted octanol–water partition coefficient (Wildman–Crippen LogP) is 4.51. The van der Waals surface area contributed by atoms with Crippen molar-refractivity contribution < 1.29 is 9.18 Å². The number of rotatable bonds is 6. The van der Waals surface area contributed by atoms with E-state index < -0.39 is 0 Å². The van der Waals surface area contributed by atoms with Gasteiger partial charge in [0.15, 0.2) is 0 Å². The molecule has 0 unspecified atom stereocenters. The average molecular weight is 475 g/mol. The van der Waals surface area contributed by atoms with Gasteiger partial charge in [-0.05, 0) is 41.5 Å². The lowest BCUT2D eigenvalue weighted by Crippen LogP contribution is -2.33. The molecule has 3 aromatic carbocycles. The van der Waals surface area contributed by atoms with Crippen LogP contribution in [0.2, 0.25) is 5.02 Å². The first-order chi connectivity index (χ1) is 16.5. The topological polar surface area (TPSA) is 68.9 Å². The molecule has 0 radical (unpaired) electrons. The van der Waals surface area contributed by atoms with Crippen LogP contribution in [0.1, 0.15) is 11.1 Å². The van der Waals surface area contributed by atoms with Crippen LogP contribution in [0.5, 0.6) is 0 Å². The summed E-state index contributed by atoms with van der Waals surface area (Å²) in [4.78, 5) is 26.0. The minimum absolute atomic E-state index is 0.215. The fourth-order valence-corrected chi connectivity index (χ4v) is 4.30. The molecule has 6 nitrogen and oxygen atoms in total. The Kier molecular flexibility index (Phi) is 5.86. The third-order valence-corrected chi connectivity index (χ3v) is 5.93. The van der Waals surface area contributed by atoms with E-state index in [1.54, 1.807) is 30.5 Å². The summed E-state index contributed by atoms with van der Waals surface area (Å²) >= 11 is 5.99. The lowest BCUT2D eigenvalue weighted by Gasteiger charge is -2.10. The van der Waals surface area contributed by atoms with Crippen LogP contribution in [-0.4, -0.2) is 20.3 Å². The second-order valence-corrected chi connectivity index (χ2v) is 8.44. The summed E-state index contributed by atoms with van der Waals surface area (Å²) in [7, 11) is 0. The van der Waals surface area contributed by atoms with E-state index in [1.165, 1.54) is 12.1 Å². The molecular weight excluding hydrogens is 455 g/mol. The van der Waals surface area contributed by atoms with Gasteiger partial charge in [-0.15, -0.1) is 0 Å². The van der Waals surface area contributed by atoms with Gasteiger partial charge >= 0.3 is 0 Å². The summed E-state index contributed by atoms with van der Waals surface area (Å²) in [6, 6.07) is 21.0. The SMILES string of the molecule is O=C(Cn1ncc2c3ccccc3n(Cc3ccc(F)cc3)c2c1=O)NCc1cccc(Cl)c1. The fourth-order valence-electron chi connectivity index (χ4n) is 4.08. The zero-order chi connectivity index (χ0) is 23.7. The molecule has 0 saturated carbocycles. The van der Waals surface area contributed by atoms with Crippen molar-refractivity contribution in [2.45, 2.75) is 19.6 Å². The third kappa shape index (κ3) is 4.30. The number of hydrogen-bond donors (Lipinski definition) is 1. The fraction of sp³-hybridized carbons (Fsp3) is 0.115. The summed E-state index contributed by atoms with van der Waals surface area (Å²) in [5, 5.41) is 9.24. The number of carbonyl (C=O) groups excluding carboxylic acids is 1. The van der Waals surface area contributed by atoms with E-state index in [0.29, 0.717) is 29.0 Å². The van der Waals surface area contributed by atoms with Crippen molar-refractivity contribution in [2.75, 3.05) is 0 Å². The molecular formula is C26H20ClFN4O2. The van der Waals surface area contributed by atoms with E-state index in [1.807, 2.05) is 41.0 Å². The average Bonchev–Trinajstić information content (AvgIpc) is 3.15. The van der Waals surface area contributed by atoms with Gasteiger partial charge < -0.3 is 9.88 Å². The van der Waals surface area contributed by atoms with Crippen LogP contribution >= 0.6 is 11.6 Å². The number of benzene rings is 3. The number of halogens is 2. The van der Waals surface area contributed by atoms with Gasteiger partial charge in [0.2, 0.25) is 5.91 Å². The molecule has 0 aliphatic heterocycles. The van der Waals surface area contributed by atoms with Crippen LogP contribution in [0.4, 0.5) is 4.39 Å². The Morgan fingerprint density at radius 3 is 2.56 bits per heavy atom. The largest absolute Gasteiger partial charge is 0.350 e. The number of nitrogens with one attached hydrogen (secondary N) is 1. The number of hydrogen-bond acceptors (Lipinski definition) is 3. The zero-order valence-electron chi connectivity index (χ0n) is 18.0. The highest BCUT2D eigenvalue weighted by atomic mass is 35.5. The Morgan fingerprint density at radius 1 is 0.971 bits per heavy atom. The zero-order valence-corrected chi connectivity index (χ0v) is 18.8. The van der Waals surface area contributed by atoms with Gasteiger partial charge in [0.1, 0.15) is 17.9 Å². The molecule has 1 N–H and O–H groups in total. The molecule has 34 heavy (non-hydrogen) atoms. The van der Waals surface area contributed by atoms with Crippen LogP contribution in [0.15, 0.2) is 83.8 Å². The van der Waals surface area contributed by atoms with Gasteiger partial charge in [-0.2, -0.15) is 5.10 Å². The Labute approximate surface area is 199 Å². The Balaban J connectivity index is 1.49. The van der Waals surface area contributed by atoms with Crippen LogP contribution in [0.25, 0.3) is 21.8 Å². The summed E-state index contributed by atoms with van der Waals surface area (Å²) in [6.45, 7) is 0.457. The molecule has 170 valence electrons. The molecule has 0 aliphatic carbocycles. The van der Waals surface area contributed by atoms with E-state index in [9.17, 15) is 14.0 Å². The maximum absolute atomic E-state index is 13.4. The van der Waals surface area contributed by atoms with Gasteiger partial charge in [-0.25, -0.2) is 9.07 Å². The quantitative estimate of drug-likeness (QED) is 0.394. The lowest BCUT2D eigenvalue weighted by molar-refractivity contribution is -0.122. The molecule has 8 heteroatoms. The molecule has 0 saturated heterocycles. The normalized spacial score (nSPS) is 11.2. The van der Waals surface area contributed by atoms with Crippen LogP contribution in [0.3, 0.4) is 0 Å². The first-order valence-corrected chi connectivity index (χ1v) is 11.1. The van der Waals surface area contributed by atoms with Crippen molar-refractivity contribution in [3.63, 3.8) is 0 Å². The van der Waals surface area contributed by atoms with E-state index in [2.05, 4.69) is 10.4 Å². The smallest absolute Gasteiger partial charge is 0.291 e. The van der Waals surface area contributed by atoms with E-state index in [4.69, 9.17) is 11.6 Å². The third-order valence-electron chi connectivity index (χ3n) is 5.70. The highest BCUT2D eigenvalue weighted by Gasteiger charge is 2.17. The number of carbonyl (C=O) groups is 1. The second kappa shape index (κ2) is 9.11. The number of aromatic nitrogens is 3. The van der Waals surface area contributed by atoms with Gasteiger partial charge in [0.25, 0.3) is 5.56 Å². The van der Waals surface area contributed by atoms with Gasteiger partial charge in [0.05, 0.1) is 6.20 Å². The van der Waals surface area contributed by atoms with Crippen molar-refractivity contribution in [3.05, 3.63) is 111 Å². The van der Waals surface area contributed by atoms with Gasteiger partial charge in [-0.1, -0.05) is 54.1 Å². The summed E-state index contributed by atoms with van der Waals surface area (Å²) in [5.41, 5.74) is 2.66. The summed E-state index contributed by atoms with van der Waals surface area (Å²) in [5.74, 6) is -0.656. The van der Waals surface area contributed by atoms with Crippen LogP contribution in [-0.2, 0) is 24.4 Å². The summed E-state index contributed by atoms with van der Waals surface area (Å²) < 4.78 is 16.4. The highest BCUT2D eigenvalue weighted by molar-refractivity contribution is 6.30. The molecule has 0 fully saturated rings. The molecule has 0 spiro atoms. The number of para-hydroxylation sites is 1. The van der Waals surface area contributed by atoms with E-state index >= 15 is 0 Å². The second-order valence-electron chi connectivity index (χ2n) is 8.01. The van der Waals surface area contributed by atoms with Gasteiger partial charge in [0, 0.05) is 34.4 Å². The minimum atomic E-state index is -0.367. The molecule has 5 aromatic rings. The monoisotopic (exact) mass is 474 g/mol. The summed E-state index contributed by atoms with van der Waals surface area (Å²) in [6.07, 6.45) is 1.62. The molecule has 2 heterocycles. The number of nitrogens with zero attached hydrogens (tertiary/aromatic N) is 3. The maximum Gasteiger partial charge on any atom is 0.291 e. The first-order valence-electron chi connectivity index (χ1n) is 10.7. The number of fused-ring (bicyclic) bond motifs is 3. The predicted molar refractivity (Wildman–Crippen MR) is 130 cm³/mol. The van der Waals surface area contributed by atoms with Crippen molar-refractivity contribution in [1.82, 2.24) is 19.7 Å². The van der Waals surface area contributed by atoms with Crippen molar-refractivity contribution in [2.24, 2.45) is 0 Å². The Hall–Kier alpha value is -3.97. The molecule has 0 bridgehead atoms. The van der Waals surface area contributed by atoms with Crippen molar-refractivity contribution in [1.29, 1.82) is 0 Å². The van der Waals surface area contributed by atoms with Crippen molar-refractivity contribution in [3.8, 4) is 0 Å². The standard InChI is InChI=1S/C26H20ClFN4O2/c27-19-5-3-4-18(12-19)13-29-24(33)16-32-26(34)25-22(14-30-32)21-6-1-2-7-23(21)31(25)15-17-8-10-20(28)11-9-17/h1-12,14H,13,15-16H2,(H,29,33). The number of amides is 1.